The van der Waals surface area contributed by atoms with Gasteiger partial charge in [0.2, 0.25) is 0 Å². The van der Waals surface area contributed by atoms with Crippen LogP contribution in [0.15, 0.2) is 224 Å². The molecule has 0 amide bonds. The number of benzene rings is 11. The first-order valence-electron chi connectivity index (χ1n) is 21.1. The van der Waals surface area contributed by atoms with E-state index in [0.717, 1.165) is 50.5 Å². The summed E-state index contributed by atoms with van der Waals surface area (Å²) in [5.74, 6) is 1.86. The van der Waals surface area contributed by atoms with Crippen LogP contribution < -0.4 is 9.64 Å². The van der Waals surface area contributed by atoms with Gasteiger partial charge in [-0.3, -0.25) is 0 Å². The Kier molecular flexibility index (Phi) is 7.26. The Labute approximate surface area is 354 Å². The molecule has 284 valence electrons. The van der Waals surface area contributed by atoms with Gasteiger partial charge in [-0.2, -0.15) is 0 Å². The second-order valence-corrected chi connectivity index (χ2v) is 16.4. The zero-order valence-corrected chi connectivity index (χ0v) is 33.2. The number of ether oxygens (including phenoxy) is 1. The van der Waals surface area contributed by atoms with E-state index < -0.39 is 5.41 Å². The van der Waals surface area contributed by atoms with E-state index in [2.05, 4.69) is 229 Å². The van der Waals surface area contributed by atoms with Crippen LogP contribution in [0.1, 0.15) is 22.3 Å². The van der Waals surface area contributed by atoms with Crippen molar-refractivity contribution in [2.75, 3.05) is 4.90 Å². The normalized spacial score (nSPS) is 13.2. The van der Waals surface area contributed by atoms with Gasteiger partial charge in [0.15, 0.2) is 0 Å². The highest BCUT2D eigenvalue weighted by Gasteiger charge is 2.51. The van der Waals surface area contributed by atoms with Crippen LogP contribution in [0, 0.1) is 0 Å². The summed E-state index contributed by atoms with van der Waals surface area (Å²) in [6, 6.07) is 82.4. The quantitative estimate of drug-likeness (QED) is 0.177. The topological polar surface area (TPSA) is 12.5 Å². The van der Waals surface area contributed by atoms with E-state index >= 15 is 0 Å². The molecule has 11 aromatic carbocycles. The van der Waals surface area contributed by atoms with E-state index in [1.54, 1.807) is 0 Å². The second-order valence-electron chi connectivity index (χ2n) is 16.4. The Morgan fingerprint density at radius 1 is 0.311 bits per heavy atom. The number of rotatable bonds is 4. The van der Waals surface area contributed by atoms with E-state index in [1.165, 1.54) is 65.7 Å². The monoisotopic (exact) mass is 775 g/mol. The molecule has 1 heterocycles. The van der Waals surface area contributed by atoms with Crippen molar-refractivity contribution in [1.82, 2.24) is 0 Å². The standard InChI is InChI=1S/C59H37NO/c1-3-17-42-35-45(30-25-38(42)13-1)60(46-31-26-39-14-2-4-18-43(39)36-46)56-24-12-10-19-47(56)44-29-32-53-51(37-44)50-22-9-11-23-52(50)59(53)54-33-27-40-15-5-7-20-48(40)57(54)61-58-49-21-8-6-16-41(49)28-34-55(58)59/h1-37H. The number of hydrogen-bond donors (Lipinski definition) is 0. The SMILES string of the molecule is c1ccc(N(c2ccc3ccccc3c2)c2ccc3ccccc3c2)c(-c2ccc3c(c2)-c2ccccc2C32c3ccc4ccccc4c3Oc3c2ccc2ccccc32)c1. The second kappa shape index (κ2) is 13.0. The number of hydrogen-bond acceptors (Lipinski definition) is 2. The third-order valence-corrected chi connectivity index (χ3v) is 13.3. The number of anilines is 3. The maximum absolute atomic E-state index is 7.19. The van der Waals surface area contributed by atoms with Crippen molar-refractivity contribution < 1.29 is 4.74 Å². The molecular formula is C59H37NO. The van der Waals surface area contributed by atoms with E-state index in [0.29, 0.717) is 0 Å². The van der Waals surface area contributed by atoms with Crippen molar-refractivity contribution >= 4 is 60.2 Å². The lowest BCUT2D eigenvalue weighted by molar-refractivity contribution is 0.447. The van der Waals surface area contributed by atoms with Crippen LogP contribution in [0.5, 0.6) is 11.5 Å². The molecule has 0 unspecified atom stereocenters. The maximum atomic E-state index is 7.19. The van der Waals surface area contributed by atoms with Gasteiger partial charge in [-0.15, -0.1) is 0 Å². The Morgan fingerprint density at radius 2 is 0.770 bits per heavy atom. The van der Waals surface area contributed by atoms with E-state index in [4.69, 9.17) is 4.74 Å². The van der Waals surface area contributed by atoms with Crippen LogP contribution in [0.4, 0.5) is 17.1 Å². The Balaban J connectivity index is 1.06. The average molecular weight is 776 g/mol. The van der Waals surface area contributed by atoms with Gasteiger partial charge in [-0.25, -0.2) is 0 Å². The fraction of sp³-hybridized carbons (Fsp3) is 0.0169. The van der Waals surface area contributed by atoms with Gasteiger partial charge in [0.05, 0.1) is 11.1 Å². The Bertz CT molecular complexity index is 3440. The third-order valence-electron chi connectivity index (χ3n) is 13.3. The summed E-state index contributed by atoms with van der Waals surface area (Å²) in [4.78, 5) is 2.43. The van der Waals surface area contributed by atoms with Crippen molar-refractivity contribution in [3.63, 3.8) is 0 Å². The molecule has 0 radical (unpaired) electrons. The first-order chi connectivity index (χ1) is 30.2. The first-order valence-corrected chi connectivity index (χ1v) is 21.1. The zero-order valence-electron chi connectivity index (χ0n) is 33.2. The van der Waals surface area contributed by atoms with E-state index in [1.807, 2.05) is 0 Å². The van der Waals surface area contributed by atoms with Gasteiger partial charge in [0, 0.05) is 38.8 Å². The van der Waals surface area contributed by atoms with Crippen molar-refractivity contribution in [2.45, 2.75) is 5.41 Å². The van der Waals surface area contributed by atoms with E-state index in [-0.39, 0.29) is 0 Å². The zero-order chi connectivity index (χ0) is 40.1. The minimum absolute atomic E-state index is 0.594. The molecule has 11 aromatic rings. The summed E-state index contributed by atoms with van der Waals surface area (Å²) < 4.78 is 7.19. The summed E-state index contributed by atoms with van der Waals surface area (Å²) in [6.07, 6.45) is 0. The minimum Gasteiger partial charge on any atom is -0.455 e. The lowest BCUT2D eigenvalue weighted by Gasteiger charge is -2.40. The molecule has 0 fully saturated rings. The summed E-state index contributed by atoms with van der Waals surface area (Å²) in [7, 11) is 0. The molecule has 61 heavy (non-hydrogen) atoms. The van der Waals surface area contributed by atoms with E-state index in [9.17, 15) is 0 Å². The van der Waals surface area contributed by atoms with Gasteiger partial charge in [0.25, 0.3) is 0 Å². The van der Waals surface area contributed by atoms with Crippen LogP contribution >= 0.6 is 0 Å². The highest BCUT2D eigenvalue weighted by molar-refractivity contribution is 6.01. The molecule has 0 saturated carbocycles. The van der Waals surface area contributed by atoms with Gasteiger partial charge in [0.1, 0.15) is 11.5 Å². The fourth-order valence-electron chi connectivity index (χ4n) is 10.5. The third kappa shape index (κ3) is 4.91. The lowest BCUT2D eigenvalue weighted by Crippen LogP contribution is -2.32. The molecule has 1 spiro atoms. The summed E-state index contributed by atoms with van der Waals surface area (Å²) >= 11 is 0. The lowest BCUT2D eigenvalue weighted by atomic mass is 9.65. The average Bonchev–Trinajstić information content (AvgIpc) is 3.61. The highest BCUT2D eigenvalue weighted by atomic mass is 16.5. The summed E-state index contributed by atoms with van der Waals surface area (Å²) in [5, 5.41) is 9.44. The molecule has 0 aromatic heterocycles. The molecule has 1 aliphatic carbocycles. The predicted octanol–water partition coefficient (Wildman–Crippen LogP) is 15.9. The van der Waals surface area contributed by atoms with Crippen LogP contribution in [0.2, 0.25) is 0 Å². The van der Waals surface area contributed by atoms with Crippen molar-refractivity contribution in [3.8, 4) is 33.8 Å². The molecule has 0 atom stereocenters. The summed E-state index contributed by atoms with van der Waals surface area (Å²) in [5.41, 5.74) is 12.5. The molecule has 13 rings (SSSR count). The largest absolute Gasteiger partial charge is 0.455 e. The molecule has 0 N–H and O–H groups in total. The molecule has 2 aliphatic rings. The van der Waals surface area contributed by atoms with Gasteiger partial charge in [-0.1, -0.05) is 188 Å². The minimum atomic E-state index is -0.594. The van der Waals surface area contributed by atoms with Gasteiger partial charge in [-0.05, 0) is 96.5 Å². The molecule has 2 heteroatoms. The van der Waals surface area contributed by atoms with Gasteiger partial charge < -0.3 is 9.64 Å². The summed E-state index contributed by atoms with van der Waals surface area (Å²) in [6.45, 7) is 0. The molecular weight excluding hydrogens is 739 g/mol. The van der Waals surface area contributed by atoms with Crippen LogP contribution in [-0.2, 0) is 5.41 Å². The molecule has 0 saturated heterocycles. The molecule has 1 aliphatic heterocycles. The Morgan fingerprint density at radius 3 is 1.39 bits per heavy atom. The highest BCUT2D eigenvalue weighted by Crippen LogP contribution is 2.64. The fourth-order valence-corrected chi connectivity index (χ4v) is 10.5. The van der Waals surface area contributed by atoms with Crippen LogP contribution in [0.25, 0.3) is 65.3 Å². The smallest absolute Gasteiger partial charge is 0.140 e. The molecule has 2 nitrogen and oxygen atoms in total. The molecule has 0 bridgehead atoms. The van der Waals surface area contributed by atoms with Crippen LogP contribution in [-0.4, -0.2) is 0 Å². The number of para-hydroxylation sites is 1. The first kappa shape index (κ1) is 34.0. The van der Waals surface area contributed by atoms with Crippen molar-refractivity contribution in [1.29, 1.82) is 0 Å². The number of fused-ring (bicyclic) bond motifs is 15. The van der Waals surface area contributed by atoms with Crippen LogP contribution in [0.3, 0.4) is 0 Å². The predicted molar refractivity (Wildman–Crippen MR) is 254 cm³/mol. The number of nitrogens with zero attached hydrogens (tertiary/aromatic N) is 1. The van der Waals surface area contributed by atoms with Gasteiger partial charge >= 0.3 is 0 Å². The van der Waals surface area contributed by atoms with Crippen molar-refractivity contribution in [2.24, 2.45) is 0 Å². The maximum Gasteiger partial charge on any atom is 0.140 e. The van der Waals surface area contributed by atoms with Crippen molar-refractivity contribution in [3.05, 3.63) is 247 Å². The Hall–Kier alpha value is -7.94.